The van der Waals surface area contributed by atoms with E-state index in [1.807, 2.05) is 54.6 Å². The first-order valence-corrected chi connectivity index (χ1v) is 8.33. The monoisotopic (exact) mass is 338 g/mol. The Morgan fingerprint density at radius 1 is 1.04 bits per heavy atom. The third-order valence-electron chi connectivity index (χ3n) is 4.58. The number of aryl methyl sites for hydroxylation is 1. The lowest BCUT2D eigenvalue weighted by molar-refractivity contribution is -0.131. The van der Waals surface area contributed by atoms with Gasteiger partial charge in [-0.25, -0.2) is 4.79 Å². The van der Waals surface area contributed by atoms with Crippen molar-refractivity contribution in [1.82, 2.24) is 10.2 Å². The fraction of sp³-hybridized carbons (Fsp3) is 0.300. The topological polar surface area (TPSA) is 58.6 Å². The molecule has 2 aromatic carbocycles. The van der Waals surface area contributed by atoms with E-state index in [1.165, 1.54) is 4.90 Å². The van der Waals surface area contributed by atoms with Gasteiger partial charge in [0.05, 0.1) is 13.7 Å². The molecule has 3 amide bonds. The molecule has 1 saturated heterocycles. The van der Waals surface area contributed by atoms with Crippen LogP contribution in [0, 0.1) is 0 Å². The second-order valence-electron chi connectivity index (χ2n) is 6.49. The highest BCUT2D eigenvalue weighted by Crippen LogP contribution is 2.25. The first-order chi connectivity index (χ1) is 12.0. The van der Waals surface area contributed by atoms with Gasteiger partial charge in [0.25, 0.3) is 5.91 Å². The number of urea groups is 1. The van der Waals surface area contributed by atoms with Crippen molar-refractivity contribution in [3.63, 3.8) is 0 Å². The highest BCUT2D eigenvalue weighted by atomic mass is 16.5. The maximum atomic E-state index is 12.8. The number of nitrogens with zero attached hydrogens (tertiary/aromatic N) is 1. The molecule has 25 heavy (non-hydrogen) atoms. The Kier molecular flexibility index (Phi) is 4.74. The number of imide groups is 1. The number of benzene rings is 2. The summed E-state index contributed by atoms with van der Waals surface area (Å²) in [5.74, 6) is 0.521. The van der Waals surface area contributed by atoms with E-state index in [0.29, 0.717) is 12.2 Å². The minimum atomic E-state index is -0.869. The summed E-state index contributed by atoms with van der Waals surface area (Å²) < 4.78 is 5.20. The van der Waals surface area contributed by atoms with Gasteiger partial charge in [-0.1, -0.05) is 42.5 Å². The van der Waals surface area contributed by atoms with Gasteiger partial charge < -0.3 is 10.1 Å². The molecule has 2 aromatic rings. The van der Waals surface area contributed by atoms with Gasteiger partial charge in [-0.15, -0.1) is 0 Å². The first kappa shape index (κ1) is 17.0. The first-order valence-electron chi connectivity index (χ1n) is 8.33. The van der Waals surface area contributed by atoms with E-state index in [-0.39, 0.29) is 18.5 Å². The smallest absolute Gasteiger partial charge is 0.325 e. The number of methoxy groups -OCH3 is 1. The lowest BCUT2D eigenvalue weighted by Gasteiger charge is -2.21. The maximum absolute atomic E-state index is 12.8. The molecule has 0 aromatic heterocycles. The minimum absolute atomic E-state index is 0.184. The predicted molar refractivity (Wildman–Crippen MR) is 95.2 cm³/mol. The van der Waals surface area contributed by atoms with Crippen LogP contribution in [0.3, 0.4) is 0 Å². The summed E-state index contributed by atoms with van der Waals surface area (Å²) in [4.78, 5) is 26.4. The molecule has 0 unspecified atom stereocenters. The zero-order chi connectivity index (χ0) is 17.9. The summed E-state index contributed by atoms with van der Waals surface area (Å²) in [6.07, 6.45) is 1.30. The normalized spacial score (nSPS) is 19.8. The Morgan fingerprint density at radius 3 is 2.48 bits per heavy atom. The summed E-state index contributed by atoms with van der Waals surface area (Å²) in [5.41, 5.74) is 1.14. The average Bonchev–Trinajstić information content (AvgIpc) is 2.85. The molecule has 0 spiro atoms. The molecule has 3 rings (SSSR count). The van der Waals surface area contributed by atoms with Crippen LogP contribution < -0.4 is 10.1 Å². The van der Waals surface area contributed by atoms with Gasteiger partial charge >= 0.3 is 6.03 Å². The van der Waals surface area contributed by atoms with E-state index in [0.717, 1.165) is 17.5 Å². The van der Waals surface area contributed by atoms with E-state index in [1.54, 1.807) is 14.0 Å². The molecule has 0 saturated carbocycles. The van der Waals surface area contributed by atoms with Gasteiger partial charge in [-0.05, 0) is 43.0 Å². The van der Waals surface area contributed by atoms with E-state index in [2.05, 4.69) is 5.32 Å². The zero-order valence-electron chi connectivity index (χ0n) is 14.5. The van der Waals surface area contributed by atoms with Crippen molar-refractivity contribution in [3.8, 4) is 5.75 Å². The van der Waals surface area contributed by atoms with Crippen LogP contribution in [0.5, 0.6) is 5.75 Å². The maximum Gasteiger partial charge on any atom is 0.325 e. The summed E-state index contributed by atoms with van der Waals surface area (Å²) in [6.45, 7) is 2.03. The molecule has 1 heterocycles. The number of hydrogen-bond donors (Lipinski definition) is 1. The average molecular weight is 338 g/mol. The highest BCUT2D eigenvalue weighted by Gasteiger charge is 2.47. The van der Waals surface area contributed by atoms with Crippen LogP contribution in [0.15, 0.2) is 54.6 Å². The molecule has 5 nitrogen and oxygen atoms in total. The number of carbonyl (C=O) groups excluding carboxylic acids is 2. The molecule has 130 valence electrons. The Bertz CT molecular complexity index is 776. The van der Waals surface area contributed by atoms with Crippen molar-refractivity contribution in [2.24, 2.45) is 0 Å². The summed E-state index contributed by atoms with van der Waals surface area (Å²) in [6, 6.07) is 17.0. The van der Waals surface area contributed by atoms with Gasteiger partial charge in [0.15, 0.2) is 0 Å². The Labute approximate surface area is 147 Å². The largest absolute Gasteiger partial charge is 0.497 e. The number of ether oxygens (including phenoxy) is 1. The quantitative estimate of drug-likeness (QED) is 0.823. The van der Waals surface area contributed by atoms with E-state index < -0.39 is 5.54 Å². The predicted octanol–water partition coefficient (Wildman–Crippen LogP) is 3.14. The number of hydrogen-bond acceptors (Lipinski definition) is 3. The molecule has 1 aliphatic heterocycles. The van der Waals surface area contributed by atoms with Crippen LogP contribution in [-0.4, -0.2) is 29.5 Å². The second-order valence-corrected chi connectivity index (χ2v) is 6.49. The summed E-state index contributed by atoms with van der Waals surface area (Å²) in [7, 11) is 1.59. The van der Waals surface area contributed by atoms with Crippen molar-refractivity contribution in [1.29, 1.82) is 0 Å². The molecule has 1 fully saturated rings. The number of carbonyl (C=O) groups is 2. The molecule has 5 heteroatoms. The van der Waals surface area contributed by atoms with Crippen LogP contribution >= 0.6 is 0 Å². The SMILES string of the molecule is COc1cccc(CN2C(=O)N[C@@](C)(CCc3ccccc3)C2=O)c1. The van der Waals surface area contributed by atoms with Gasteiger partial charge in [0.2, 0.25) is 0 Å². The van der Waals surface area contributed by atoms with Crippen LogP contribution in [-0.2, 0) is 17.8 Å². The second kappa shape index (κ2) is 6.97. The standard InChI is InChI=1S/C20H22N2O3/c1-20(12-11-15-7-4-3-5-8-15)18(23)22(19(24)21-20)14-16-9-6-10-17(13-16)25-2/h3-10,13H,11-12,14H2,1-2H3,(H,21,24)/t20-/m0/s1. The summed E-state index contributed by atoms with van der Waals surface area (Å²) in [5, 5.41) is 2.86. The van der Waals surface area contributed by atoms with Gasteiger partial charge in [-0.3, -0.25) is 9.69 Å². The van der Waals surface area contributed by atoms with Crippen molar-refractivity contribution in [2.45, 2.75) is 31.8 Å². The molecule has 1 atom stereocenters. The van der Waals surface area contributed by atoms with E-state index >= 15 is 0 Å². The van der Waals surface area contributed by atoms with Gasteiger partial charge in [-0.2, -0.15) is 0 Å². The number of rotatable bonds is 6. The van der Waals surface area contributed by atoms with Gasteiger partial charge in [0.1, 0.15) is 11.3 Å². The fourth-order valence-electron chi connectivity index (χ4n) is 3.05. The molecule has 0 radical (unpaired) electrons. The third kappa shape index (κ3) is 3.65. The Balaban J connectivity index is 1.70. The zero-order valence-corrected chi connectivity index (χ0v) is 14.5. The van der Waals surface area contributed by atoms with Crippen molar-refractivity contribution < 1.29 is 14.3 Å². The van der Waals surface area contributed by atoms with Crippen LogP contribution in [0.4, 0.5) is 4.79 Å². The lowest BCUT2D eigenvalue weighted by Crippen LogP contribution is -2.44. The molecular formula is C20H22N2O3. The fourth-order valence-corrected chi connectivity index (χ4v) is 3.05. The van der Waals surface area contributed by atoms with Crippen molar-refractivity contribution in [3.05, 3.63) is 65.7 Å². The summed E-state index contributed by atoms with van der Waals surface area (Å²) >= 11 is 0. The highest BCUT2D eigenvalue weighted by molar-refractivity contribution is 6.06. The Hall–Kier alpha value is -2.82. The van der Waals surface area contributed by atoms with Crippen LogP contribution in [0.2, 0.25) is 0 Å². The third-order valence-corrected chi connectivity index (χ3v) is 4.58. The van der Waals surface area contributed by atoms with Crippen LogP contribution in [0.25, 0.3) is 0 Å². The van der Waals surface area contributed by atoms with Crippen LogP contribution in [0.1, 0.15) is 24.5 Å². The molecule has 1 aliphatic rings. The lowest BCUT2D eigenvalue weighted by atomic mass is 9.93. The molecular weight excluding hydrogens is 316 g/mol. The molecule has 1 N–H and O–H groups in total. The number of nitrogens with one attached hydrogen (secondary N) is 1. The van der Waals surface area contributed by atoms with Crippen molar-refractivity contribution in [2.75, 3.05) is 7.11 Å². The minimum Gasteiger partial charge on any atom is -0.497 e. The molecule has 0 aliphatic carbocycles. The van der Waals surface area contributed by atoms with Gasteiger partial charge in [0, 0.05) is 0 Å². The Morgan fingerprint density at radius 2 is 1.76 bits per heavy atom. The van der Waals surface area contributed by atoms with Crippen molar-refractivity contribution >= 4 is 11.9 Å². The molecule has 0 bridgehead atoms. The van der Waals surface area contributed by atoms with E-state index in [9.17, 15) is 9.59 Å². The number of amides is 3. The van der Waals surface area contributed by atoms with E-state index in [4.69, 9.17) is 4.74 Å².